The summed E-state index contributed by atoms with van der Waals surface area (Å²) in [6.07, 6.45) is 1.59. The Kier molecular flexibility index (Phi) is 26.8. The van der Waals surface area contributed by atoms with Crippen molar-refractivity contribution in [3.8, 4) is 184 Å². The molecular weight excluding hydrogens is 1620 g/mol. The van der Waals surface area contributed by atoms with Gasteiger partial charge in [0.15, 0.2) is 138 Å². The number of hydrogen-bond donors (Lipinski definition) is 32. The SMILES string of the molecule is Oc1cc(CCc2c(O)cc(CC[C@@H](Cc3cc(O)c(O)c(O)c3)[C@H](Cc3cc(O)c(O)c(O)c3)c3cc(O)c(CCc4cc(O)c(O)c(O)c4)c(O)c3)cc2O)cc(O)c1O.Oc1cc(CCc2c(O)cc(CC[C@H](Cc3cc(O)c(O)c(O)c3)[C@@H](Cc3cc(O)c(O)c(O)c3)c3cc(O)c(CCc4cc(O)c(O)c(O)c4)c(O)c3)cc2O)cc(O)c1O. The number of benzene rings is 12. The zero-order valence-corrected chi connectivity index (χ0v) is 65.8. The van der Waals surface area contributed by atoms with Gasteiger partial charge >= 0.3 is 0 Å². The fourth-order valence-corrected chi connectivity index (χ4v) is 15.7. The first-order valence-electron chi connectivity index (χ1n) is 38.7. The van der Waals surface area contributed by atoms with Crippen LogP contribution in [0.1, 0.15) is 114 Å². The second-order valence-corrected chi connectivity index (χ2v) is 30.8. The number of aryl methyl sites for hydroxylation is 6. The summed E-state index contributed by atoms with van der Waals surface area (Å²) in [5, 5.41) is 332. The fourth-order valence-electron chi connectivity index (χ4n) is 15.7. The summed E-state index contributed by atoms with van der Waals surface area (Å²) >= 11 is 0. The van der Waals surface area contributed by atoms with Gasteiger partial charge in [-0.3, -0.25) is 0 Å². The molecule has 12 rings (SSSR count). The van der Waals surface area contributed by atoms with E-state index < -0.39 is 162 Å². The standard InChI is InChI=1S/2C46H46O16/c2*47-31-9-21(10-32(48)28(31)5-2-22-11-35(51)43(59)36(52)12-22)1-4-26(7-24-15-39(55)45(61)40(56)16-24)30(8-25-17-41(57)46(62)42(58)18-25)27-19-33(49)29(34(50)20-27)6-3-23-13-37(53)44(60)38(54)14-23/h2*9-20,26,30,47-62H,1-8H2/t2*26-,30-/m10/s1. The minimum Gasteiger partial charge on any atom is -0.508 e. The summed E-state index contributed by atoms with van der Waals surface area (Å²) in [7, 11) is 0. The van der Waals surface area contributed by atoms with Crippen LogP contribution in [0, 0.1) is 11.8 Å². The first kappa shape index (κ1) is 89.0. The van der Waals surface area contributed by atoms with Gasteiger partial charge in [0.1, 0.15) is 46.0 Å². The van der Waals surface area contributed by atoms with Gasteiger partial charge in [0, 0.05) is 22.3 Å². The topological polar surface area (TPSA) is 647 Å². The molecule has 12 aromatic carbocycles. The Labute approximate surface area is 705 Å². The monoisotopic (exact) mass is 1710 g/mol. The molecule has 32 heteroatoms. The van der Waals surface area contributed by atoms with Gasteiger partial charge in [0.25, 0.3) is 0 Å². The van der Waals surface area contributed by atoms with Crippen LogP contribution in [0.25, 0.3) is 0 Å². The number of rotatable bonds is 30. The molecule has 12 aromatic rings. The van der Waals surface area contributed by atoms with Gasteiger partial charge in [0.2, 0.25) is 0 Å². The van der Waals surface area contributed by atoms with Crippen molar-refractivity contribution in [3.63, 3.8) is 0 Å². The predicted molar refractivity (Wildman–Crippen MR) is 444 cm³/mol. The smallest absolute Gasteiger partial charge is 0.200 e. The normalized spacial score (nSPS) is 12.3. The summed E-state index contributed by atoms with van der Waals surface area (Å²) in [6, 6.07) is 31.2. The lowest BCUT2D eigenvalue weighted by molar-refractivity contribution is 0.358. The van der Waals surface area contributed by atoms with Gasteiger partial charge in [0.05, 0.1) is 0 Å². The van der Waals surface area contributed by atoms with Gasteiger partial charge in [-0.1, -0.05) is 0 Å². The molecule has 4 atom stereocenters. The molecule has 0 fully saturated rings. The summed E-state index contributed by atoms with van der Waals surface area (Å²) in [4.78, 5) is 0. The third-order valence-electron chi connectivity index (χ3n) is 22.2. The molecule has 0 aliphatic heterocycles. The van der Waals surface area contributed by atoms with Crippen LogP contribution in [-0.2, 0) is 89.9 Å². The molecule has 0 aliphatic carbocycles. The maximum absolute atomic E-state index is 11.4. The van der Waals surface area contributed by atoms with E-state index in [0.717, 1.165) is 0 Å². The molecule has 0 saturated heterocycles. The van der Waals surface area contributed by atoms with E-state index >= 15 is 0 Å². The van der Waals surface area contributed by atoms with Crippen molar-refractivity contribution >= 4 is 0 Å². The zero-order valence-electron chi connectivity index (χ0n) is 65.8. The van der Waals surface area contributed by atoms with Gasteiger partial charge in [-0.2, -0.15) is 0 Å². The fraction of sp³-hybridized carbons (Fsp3) is 0.217. The minimum absolute atomic E-state index is 0.00971. The first-order valence-corrected chi connectivity index (χ1v) is 38.7. The van der Waals surface area contributed by atoms with Crippen molar-refractivity contribution in [3.05, 3.63) is 235 Å². The quantitative estimate of drug-likeness (QED) is 0.0186. The van der Waals surface area contributed by atoms with E-state index in [1.54, 1.807) is 0 Å². The van der Waals surface area contributed by atoms with Gasteiger partial charge in [-0.25, -0.2) is 0 Å². The van der Waals surface area contributed by atoms with Gasteiger partial charge < -0.3 is 163 Å². The van der Waals surface area contributed by atoms with Crippen molar-refractivity contribution in [1.82, 2.24) is 0 Å². The van der Waals surface area contributed by atoms with Gasteiger partial charge in [-0.05, 0) is 339 Å². The van der Waals surface area contributed by atoms with Crippen LogP contribution >= 0.6 is 0 Å². The van der Waals surface area contributed by atoms with Gasteiger partial charge in [-0.15, -0.1) is 0 Å². The maximum Gasteiger partial charge on any atom is 0.200 e. The Morgan fingerprint density at radius 1 is 0.137 bits per heavy atom. The van der Waals surface area contributed by atoms with Crippen molar-refractivity contribution in [2.24, 2.45) is 11.8 Å². The maximum atomic E-state index is 11.4. The molecular formula is C92H92O32. The third kappa shape index (κ3) is 20.7. The number of phenols is 32. The number of aromatic hydroxyl groups is 32. The summed E-state index contributed by atoms with van der Waals surface area (Å²) in [6.45, 7) is 0. The van der Waals surface area contributed by atoms with E-state index in [2.05, 4.69) is 0 Å². The Balaban J connectivity index is 0.000000241. The molecule has 0 unspecified atom stereocenters. The van der Waals surface area contributed by atoms with Crippen LogP contribution in [0.2, 0.25) is 0 Å². The van der Waals surface area contributed by atoms with Crippen molar-refractivity contribution in [2.75, 3.05) is 0 Å². The molecule has 124 heavy (non-hydrogen) atoms. The van der Waals surface area contributed by atoms with Crippen LogP contribution in [0.15, 0.2) is 146 Å². The zero-order chi connectivity index (χ0) is 90.3. The summed E-state index contributed by atoms with van der Waals surface area (Å²) < 4.78 is 0. The lowest BCUT2D eigenvalue weighted by atomic mass is 9.75. The molecule has 0 aliphatic rings. The molecule has 0 saturated carbocycles. The third-order valence-corrected chi connectivity index (χ3v) is 22.2. The highest BCUT2D eigenvalue weighted by atomic mass is 16.4. The van der Waals surface area contributed by atoms with Crippen LogP contribution in [0.4, 0.5) is 0 Å². The highest BCUT2D eigenvalue weighted by Gasteiger charge is 2.32. The Hall–Kier alpha value is -15.8. The highest BCUT2D eigenvalue weighted by molar-refractivity contribution is 5.61. The second kappa shape index (κ2) is 37.3. The summed E-state index contributed by atoms with van der Waals surface area (Å²) in [5.74, 6) is -20.1. The molecule has 652 valence electrons. The van der Waals surface area contributed by atoms with E-state index in [-0.39, 0.29) is 171 Å². The van der Waals surface area contributed by atoms with Crippen molar-refractivity contribution in [2.45, 2.75) is 115 Å². The molecule has 32 nitrogen and oxygen atoms in total. The second-order valence-electron chi connectivity index (χ2n) is 30.8. The molecule has 32 N–H and O–H groups in total. The average Bonchev–Trinajstić information content (AvgIpc) is 0.793. The van der Waals surface area contributed by atoms with E-state index in [1.807, 2.05) is 0 Å². The largest absolute Gasteiger partial charge is 0.508 e. The van der Waals surface area contributed by atoms with E-state index in [1.165, 1.54) is 146 Å². The molecule has 0 aromatic heterocycles. The van der Waals surface area contributed by atoms with E-state index in [0.29, 0.717) is 66.8 Å². The minimum atomic E-state index is -0.755. The van der Waals surface area contributed by atoms with Crippen LogP contribution < -0.4 is 0 Å². The van der Waals surface area contributed by atoms with Crippen LogP contribution in [0.3, 0.4) is 0 Å². The van der Waals surface area contributed by atoms with Crippen LogP contribution in [-0.4, -0.2) is 163 Å². The van der Waals surface area contributed by atoms with Crippen molar-refractivity contribution in [1.29, 1.82) is 0 Å². The highest BCUT2D eigenvalue weighted by Crippen LogP contribution is 2.50. The molecule has 0 bridgehead atoms. The van der Waals surface area contributed by atoms with E-state index in [9.17, 15) is 163 Å². The number of hydrogen-bond acceptors (Lipinski definition) is 32. The molecule has 0 spiro atoms. The van der Waals surface area contributed by atoms with Crippen molar-refractivity contribution < 1.29 is 163 Å². The lowest BCUT2D eigenvalue weighted by Gasteiger charge is -2.29. The lowest BCUT2D eigenvalue weighted by Crippen LogP contribution is -2.20. The van der Waals surface area contributed by atoms with E-state index in [4.69, 9.17) is 0 Å². The Morgan fingerprint density at radius 2 is 0.274 bits per heavy atom. The Bertz CT molecular complexity index is 5360. The Morgan fingerprint density at radius 3 is 0.452 bits per heavy atom. The molecule has 0 radical (unpaired) electrons. The number of phenolic OH excluding ortho intramolecular Hbond substituents is 32. The summed E-state index contributed by atoms with van der Waals surface area (Å²) in [5.41, 5.74) is 5.11. The average molecular weight is 1710 g/mol. The molecule has 0 heterocycles. The predicted octanol–water partition coefficient (Wildman–Crippen LogP) is 12.7. The molecule has 0 amide bonds. The first-order chi connectivity index (χ1) is 58.6. The van der Waals surface area contributed by atoms with Crippen LogP contribution in [0.5, 0.6) is 184 Å².